The fourth-order valence-electron chi connectivity index (χ4n) is 2.24. The Morgan fingerprint density at radius 2 is 1.71 bits per heavy atom. The molecule has 3 N–H and O–H groups in total. The maximum Gasteiger partial charge on any atom is 0.269 e. The Labute approximate surface area is 160 Å². The highest BCUT2D eigenvalue weighted by Gasteiger charge is 2.13. The van der Waals surface area contributed by atoms with E-state index in [9.17, 15) is 23.2 Å². The summed E-state index contributed by atoms with van der Waals surface area (Å²) in [7, 11) is 3.68. The van der Waals surface area contributed by atoms with Crippen LogP contribution < -0.4 is 21.1 Å². The van der Waals surface area contributed by atoms with Crippen molar-refractivity contribution in [1.29, 1.82) is 0 Å². The minimum atomic E-state index is -0.992. The van der Waals surface area contributed by atoms with Crippen LogP contribution in [0.25, 0.3) is 0 Å². The first-order chi connectivity index (χ1) is 13.3. The Balaban J connectivity index is 1.77. The topological polar surface area (TPSA) is 90.5 Å². The van der Waals surface area contributed by atoms with Gasteiger partial charge in [-0.1, -0.05) is 6.07 Å². The van der Waals surface area contributed by atoms with Gasteiger partial charge in [0.2, 0.25) is 5.91 Å². The molecule has 148 valence electrons. The fourth-order valence-corrected chi connectivity index (χ4v) is 2.24. The van der Waals surface area contributed by atoms with Crippen LogP contribution in [0.2, 0.25) is 0 Å². The van der Waals surface area contributed by atoms with Gasteiger partial charge in [-0.15, -0.1) is 0 Å². The van der Waals surface area contributed by atoms with Gasteiger partial charge in [-0.25, -0.2) is 8.78 Å². The van der Waals surface area contributed by atoms with E-state index in [4.69, 9.17) is 0 Å². The first kappa shape index (κ1) is 20.8. The highest BCUT2D eigenvalue weighted by molar-refractivity contribution is 5.96. The lowest BCUT2D eigenvalue weighted by atomic mass is 10.2. The van der Waals surface area contributed by atoms with Crippen molar-refractivity contribution in [2.24, 2.45) is 0 Å². The molecule has 0 aliphatic heterocycles. The van der Waals surface area contributed by atoms with Crippen LogP contribution in [-0.2, 0) is 4.79 Å². The van der Waals surface area contributed by atoms with E-state index in [-0.39, 0.29) is 18.5 Å². The van der Waals surface area contributed by atoms with Crippen molar-refractivity contribution in [3.8, 4) is 0 Å². The first-order valence-electron chi connectivity index (χ1n) is 8.37. The molecule has 0 saturated heterocycles. The molecule has 0 saturated carbocycles. The summed E-state index contributed by atoms with van der Waals surface area (Å²) < 4.78 is 26.3. The van der Waals surface area contributed by atoms with Gasteiger partial charge in [-0.3, -0.25) is 25.2 Å². The Bertz CT molecular complexity index is 887. The number of halogens is 2. The van der Waals surface area contributed by atoms with E-state index >= 15 is 0 Å². The Kier molecular flexibility index (Phi) is 7.02. The molecule has 0 heterocycles. The van der Waals surface area contributed by atoms with E-state index in [1.165, 1.54) is 0 Å². The Morgan fingerprint density at radius 3 is 2.39 bits per heavy atom. The molecule has 9 heteroatoms. The minimum absolute atomic E-state index is 0.0898. The molecule has 2 aromatic rings. The molecule has 0 atom stereocenters. The number of carbonyl (C=O) groups excluding carboxylic acids is 3. The van der Waals surface area contributed by atoms with Gasteiger partial charge in [0.25, 0.3) is 11.8 Å². The molecule has 0 bridgehead atoms. The summed E-state index contributed by atoms with van der Waals surface area (Å²) in [5, 5.41) is 2.35. The molecule has 0 radical (unpaired) electrons. The summed E-state index contributed by atoms with van der Waals surface area (Å²) in [6.45, 7) is -0.0898. The van der Waals surface area contributed by atoms with Crippen molar-refractivity contribution in [2.75, 3.05) is 25.5 Å². The second kappa shape index (κ2) is 9.45. The van der Waals surface area contributed by atoms with E-state index in [1.807, 2.05) is 25.1 Å². The zero-order valence-corrected chi connectivity index (χ0v) is 15.4. The van der Waals surface area contributed by atoms with E-state index < -0.39 is 29.4 Å². The highest BCUT2D eigenvalue weighted by Crippen LogP contribution is 2.13. The second-order valence-electron chi connectivity index (χ2n) is 6.08. The molecule has 28 heavy (non-hydrogen) atoms. The van der Waals surface area contributed by atoms with Gasteiger partial charge >= 0.3 is 0 Å². The average molecular weight is 390 g/mol. The summed E-state index contributed by atoms with van der Waals surface area (Å²) in [5.41, 5.74) is 5.39. The summed E-state index contributed by atoms with van der Waals surface area (Å²) in [5.74, 6) is -3.59. The van der Waals surface area contributed by atoms with Crippen LogP contribution in [0, 0.1) is 11.6 Å². The SMILES string of the molecule is CN(C)c1cccc(C(=O)NNC(=O)CCNC(=O)c2ccc(F)cc2F)c1. The van der Waals surface area contributed by atoms with Crippen LogP contribution in [0.1, 0.15) is 27.1 Å². The van der Waals surface area contributed by atoms with Crippen LogP contribution in [0.3, 0.4) is 0 Å². The molecular formula is C19H20F2N4O3. The maximum atomic E-state index is 13.5. The molecule has 0 aromatic heterocycles. The van der Waals surface area contributed by atoms with Crippen molar-refractivity contribution < 1.29 is 23.2 Å². The second-order valence-corrected chi connectivity index (χ2v) is 6.08. The van der Waals surface area contributed by atoms with Gasteiger partial charge in [0.1, 0.15) is 11.6 Å². The first-order valence-corrected chi connectivity index (χ1v) is 8.37. The van der Waals surface area contributed by atoms with Crippen molar-refractivity contribution in [2.45, 2.75) is 6.42 Å². The van der Waals surface area contributed by atoms with E-state index in [2.05, 4.69) is 16.2 Å². The molecule has 0 unspecified atom stereocenters. The minimum Gasteiger partial charge on any atom is -0.378 e. The maximum absolute atomic E-state index is 13.5. The van der Waals surface area contributed by atoms with Crippen LogP contribution in [0.5, 0.6) is 0 Å². The van der Waals surface area contributed by atoms with E-state index in [0.29, 0.717) is 11.6 Å². The summed E-state index contributed by atoms with van der Waals surface area (Å²) in [6.07, 6.45) is -0.146. The molecule has 0 spiro atoms. The Hall–Kier alpha value is -3.49. The predicted molar refractivity (Wildman–Crippen MR) is 99.7 cm³/mol. The van der Waals surface area contributed by atoms with Gasteiger partial charge in [0.15, 0.2) is 0 Å². The van der Waals surface area contributed by atoms with E-state index in [0.717, 1.165) is 17.8 Å². The number of rotatable bonds is 6. The molecule has 2 rings (SSSR count). The lowest BCUT2D eigenvalue weighted by Crippen LogP contribution is -2.42. The third-order valence-corrected chi connectivity index (χ3v) is 3.75. The summed E-state index contributed by atoms with van der Waals surface area (Å²) in [4.78, 5) is 37.5. The van der Waals surface area contributed by atoms with Crippen LogP contribution in [-0.4, -0.2) is 38.4 Å². The van der Waals surface area contributed by atoms with Gasteiger partial charge in [-0.05, 0) is 30.3 Å². The average Bonchev–Trinajstić information content (AvgIpc) is 2.66. The van der Waals surface area contributed by atoms with Crippen LogP contribution in [0.4, 0.5) is 14.5 Å². The van der Waals surface area contributed by atoms with Crippen molar-refractivity contribution >= 4 is 23.4 Å². The molecule has 3 amide bonds. The van der Waals surface area contributed by atoms with Crippen LogP contribution >= 0.6 is 0 Å². The lowest BCUT2D eigenvalue weighted by molar-refractivity contribution is -0.121. The summed E-state index contributed by atoms with van der Waals surface area (Å²) >= 11 is 0. The third-order valence-electron chi connectivity index (χ3n) is 3.75. The zero-order valence-electron chi connectivity index (χ0n) is 15.4. The number of nitrogens with one attached hydrogen (secondary N) is 3. The number of hydrogen-bond acceptors (Lipinski definition) is 4. The zero-order chi connectivity index (χ0) is 20.7. The van der Waals surface area contributed by atoms with Gasteiger partial charge in [0.05, 0.1) is 5.56 Å². The molecule has 0 aliphatic rings. The fraction of sp³-hybridized carbons (Fsp3) is 0.211. The highest BCUT2D eigenvalue weighted by atomic mass is 19.1. The number of nitrogens with zero attached hydrogens (tertiary/aromatic N) is 1. The molecule has 0 aliphatic carbocycles. The Morgan fingerprint density at radius 1 is 0.964 bits per heavy atom. The van der Waals surface area contributed by atoms with Crippen molar-refractivity contribution in [1.82, 2.24) is 16.2 Å². The number of amides is 3. The largest absolute Gasteiger partial charge is 0.378 e. The number of hydrazine groups is 1. The third kappa shape index (κ3) is 5.76. The van der Waals surface area contributed by atoms with Gasteiger partial charge in [0, 0.05) is 44.4 Å². The quantitative estimate of drug-likeness (QED) is 0.654. The van der Waals surface area contributed by atoms with Crippen molar-refractivity contribution in [3.05, 3.63) is 65.2 Å². The predicted octanol–water partition coefficient (Wildman–Crippen LogP) is 1.61. The number of hydrogen-bond donors (Lipinski definition) is 3. The standard InChI is InChI=1S/C19H20F2N4O3/c1-25(2)14-5-3-4-12(10-14)18(27)24-23-17(26)8-9-22-19(28)15-7-6-13(20)11-16(15)21/h3-7,10-11H,8-9H2,1-2H3,(H,22,28)(H,23,26)(H,24,27). The number of carbonyl (C=O) groups is 3. The smallest absolute Gasteiger partial charge is 0.269 e. The van der Waals surface area contributed by atoms with E-state index in [1.54, 1.807) is 18.2 Å². The molecule has 0 fully saturated rings. The number of benzene rings is 2. The lowest BCUT2D eigenvalue weighted by Gasteiger charge is -2.13. The monoisotopic (exact) mass is 390 g/mol. The van der Waals surface area contributed by atoms with Crippen molar-refractivity contribution in [3.63, 3.8) is 0 Å². The number of anilines is 1. The molecular weight excluding hydrogens is 370 g/mol. The normalized spacial score (nSPS) is 10.1. The van der Waals surface area contributed by atoms with Gasteiger partial charge < -0.3 is 10.2 Å². The molecule has 7 nitrogen and oxygen atoms in total. The summed E-state index contributed by atoms with van der Waals surface area (Å²) in [6, 6.07) is 9.40. The van der Waals surface area contributed by atoms with Gasteiger partial charge in [-0.2, -0.15) is 0 Å². The van der Waals surface area contributed by atoms with Crippen LogP contribution in [0.15, 0.2) is 42.5 Å². The molecule has 2 aromatic carbocycles.